The van der Waals surface area contributed by atoms with Gasteiger partial charge in [-0.25, -0.2) is 9.78 Å². The van der Waals surface area contributed by atoms with E-state index in [0.29, 0.717) is 32.6 Å². The second-order valence-electron chi connectivity index (χ2n) is 8.00. The molecule has 150 valence electrons. The third kappa shape index (κ3) is 3.21. The van der Waals surface area contributed by atoms with Crippen LogP contribution in [0, 0.1) is 5.92 Å². The fourth-order valence-corrected chi connectivity index (χ4v) is 4.60. The Morgan fingerprint density at radius 3 is 2.68 bits per heavy atom. The van der Waals surface area contributed by atoms with Crippen LogP contribution in [0.15, 0.2) is 24.4 Å². The molecule has 0 bridgehead atoms. The van der Waals surface area contributed by atoms with Crippen molar-refractivity contribution >= 4 is 23.7 Å². The Labute approximate surface area is 164 Å². The number of nitrogens with zero attached hydrogens (tertiary/aromatic N) is 4. The van der Waals surface area contributed by atoms with Gasteiger partial charge >= 0.3 is 6.03 Å². The molecule has 1 saturated carbocycles. The first-order valence-electron chi connectivity index (χ1n) is 10.1. The van der Waals surface area contributed by atoms with E-state index in [1.54, 1.807) is 11.1 Å². The molecule has 3 aliphatic rings. The lowest BCUT2D eigenvalue weighted by Crippen LogP contribution is -2.55. The lowest BCUT2D eigenvalue weighted by Gasteiger charge is -2.37. The molecule has 28 heavy (non-hydrogen) atoms. The molecule has 0 aromatic carbocycles. The number of anilines is 1. The maximum atomic E-state index is 13.0. The van der Waals surface area contributed by atoms with Crippen molar-refractivity contribution in [3.05, 3.63) is 24.4 Å². The van der Waals surface area contributed by atoms with Crippen molar-refractivity contribution in [3.8, 4) is 0 Å². The maximum Gasteiger partial charge on any atom is 0.325 e. The van der Waals surface area contributed by atoms with E-state index in [4.69, 9.17) is 0 Å². The van der Waals surface area contributed by atoms with Crippen LogP contribution in [0.2, 0.25) is 0 Å². The van der Waals surface area contributed by atoms with Gasteiger partial charge in [-0.1, -0.05) is 25.8 Å². The Balaban J connectivity index is 1.36. The molecule has 1 aromatic heterocycles. The maximum absolute atomic E-state index is 13.0. The van der Waals surface area contributed by atoms with Crippen molar-refractivity contribution < 1.29 is 14.4 Å². The Hall–Kier alpha value is -2.64. The van der Waals surface area contributed by atoms with Crippen molar-refractivity contribution in [1.82, 2.24) is 20.1 Å². The molecule has 1 N–H and O–H groups in total. The molecule has 2 atom stereocenters. The number of pyridine rings is 1. The number of urea groups is 1. The van der Waals surface area contributed by atoms with Crippen LogP contribution >= 0.6 is 0 Å². The van der Waals surface area contributed by atoms with Gasteiger partial charge in [-0.2, -0.15) is 0 Å². The normalized spacial score (nSPS) is 28.0. The standard InChI is InChI=1S/C20H27N5O3/c1-15-6-2-4-8-20(15)18(27)25(19(28)22-20)14-17(26)24-12-10-23(11-13-24)16-7-3-5-9-21-16/h3,5,7,9,15H,2,4,6,8,10-14H2,1H3,(H,22,28)/t15-,20-/m1/s1. The largest absolute Gasteiger partial charge is 0.353 e. The van der Waals surface area contributed by atoms with E-state index in [0.717, 1.165) is 30.0 Å². The van der Waals surface area contributed by atoms with E-state index < -0.39 is 11.6 Å². The van der Waals surface area contributed by atoms with Crippen LogP contribution < -0.4 is 10.2 Å². The SMILES string of the molecule is C[C@@H]1CCCC[C@@]12NC(=O)N(CC(=O)N1CCN(c3ccccn3)CC1)C2=O. The summed E-state index contributed by atoms with van der Waals surface area (Å²) >= 11 is 0. The van der Waals surface area contributed by atoms with Gasteiger partial charge in [0, 0.05) is 32.4 Å². The first-order chi connectivity index (χ1) is 13.5. The number of hydrogen-bond acceptors (Lipinski definition) is 5. The number of nitrogens with one attached hydrogen (secondary N) is 1. The third-order valence-electron chi connectivity index (χ3n) is 6.40. The number of amides is 4. The molecule has 1 aliphatic carbocycles. The highest BCUT2D eigenvalue weighted by atomic mass is 16.2. The smallest absolute Gasteiger partial charge is 0.325 e. The lowest BCUT2D eigenvalue weighted by atomic mass is 9.73. The zero-order valence-electron chi connectivity index (χ0n) is 16.3. The first-order valence-corrected chi connectivity index (χ1v) is 10.1. The summed E-state index contributed by atoms with van der Waals surface area (Å²) in [6.45, 7) is 4.32. The van der Waals surface area contributed by atoms with Gasteiger partial charge in [-0.15, -0.1) is 0 Å². The van der Waals surface area contributed by atoms with Gasteiger partial charge in [-0.3, -0.25) is 14.5 Å². The number of carbonyl (C=O) groups is 3. The molecule has 3 fully saturated rings. The number of rotatable bonds is 3. The highest BCUT2D eigenvalue weighted by Crippen LogP contribution is 2.38. The number of aromatic nitrogens is 1. The molecule has 3 heterocycles. The molecule has 4 rings (SSSR count). The topological polar surface area (TPSA) is 85.8 Å². The molecule has 0 unspecified atom stereocenters. The van der Waals surface area contributed by atoms with Crippen LogP contribution in [0.5, 0.6) is 0 Å². The van der Waals surface area contributed by atoms with E-state index in [1.165, 1.54) is 0 Å². The van der Waals surface area contributed by atoms with E-state index in [9.17, 15) is 14.4 Å². The summed E-state index contributed by atoms with van der Waals surface area (Å²) in [5, 5.41) is 2.91. The van der Waals surface area contributed by atoms with Crippen LogP contribution in [-0.2, 0) is 9.59 Å². The van der Waals surface area contributed by atoms with Crippen LogP contribution in [0.4, 0.5) is 10.6 Å². The predicted octanol–water partition coefficient (Wildman–Crippen LogP) is 1.23. The highest BCUT2D eigenvalue weighted by Gasteiger charge is 2.55. The number of carbonyl (C=O) groups excluding carboxylic acids is 3. The van der Waals surface area contributed by atoms with E-state index >= 15 is 0 Å². The zero-order valence-corrected chi connectivity index (χ0v) is 16.3. The molecule has 8 heteroatoms. The zero-order chi connectivity index (χ0) is 19.7. The monoisotopic (exact) mass is 385 g/mol. The van der Waals surface area contributed by atoms with Crippen LogP contribution in [0.3, 0.4) is 0 Å². The molecule has 4 amide bonds. The van der Waals surface area contributed by atoms with Crippen molar-refractivity contribution in [3.63, 3.8) is 0 Å². The van der Waals surface area contributed by atoms with Crippen LogP contribution in [-0.4, -0.2) is 70.9 Å². The number of piperazine rings is 1. The van der Waals surface area contributed by atoms with E-state index in [-0.39, 0.29) is 24.3 Å². The molecule has 2 aliphatic heterocycles. The van der Waals surface area contributed by atoms with Gasteiger partial charge in [0.05, 0.1) is 0 Å². The number of imide groups is 1. The second-order valence-corrected chi connectivity index (χ2v) is 8.00. The van der Waals surface area contributed by atoms with Gasteiger partial charge in [0.2, 0.25) is 5.91 Å². The van der Waals surface area contributed by atoms with Crippen molar-refractivity contribution in [1.29, 1.82) is 0 Å². The summed E-state index contributed by atoms with van der Waals surface area (Å²) in [7, 11) is 0. The molecule has 1 aromatic rings. The summed E-state index contributed by atoms with van der Waals surface area (Å²) in [5.74, 6) is 0.589. The first kappa shape index (κ1) is 18.7. The van der Waals surface area contributed by atoms with Gasteiger partial charge in [-0.05, 0) is 30.9 Å². The van der Waals surface area contributed by atoms with E-state index in [1.807, 2.05) is 25.1 Å². The molecular weight excluding hydrogens is 358 g/mol. The minimum absolute atomic E-state index is 0.0970. The molecule has 1 spiro atoms. The minimum Gasteiger partial charge on any atom is -0.353 e. The Kier molecular flexibility index (Phi) is 4.95. The predicted molar refractivity (Wildman–Crippen MR) is 104 cm³/mol. The van der Waals surface area contributed by atoms with Gasteiger partial charge in [0.15, 0.2) is 0 Å². The Morgan fingerprint density at radius 1 is 1.21 bits per heavy atom. The molecular formula is C20H27N5O3. The summed E-state index contributed by atoms with van der Waals surface area (Å²) in [6, 6.07) is 5.34. The third-order valence-corrected chi connectivity index (χ3v) is 6.40. The fraction of sp³-hybridized carbons (Fsp3) is 0.600. The minimum atomic E-state index is -0.812. The average Bonchev–Trinajstić information content (AvgIpc) is 2.96. The molecule has 2 saturated heterocycles. The van der Waals surface area contributed by atoms with Crippen LogP contribution in [0.1, 0.15) is 32.6 Å². The molecule has 8 nitrogen and oxygen atoms in total. The Bertz CT molecular complexity index is 762. The summed E-state index contributed by atoms with van der Waals surface area (Å²) in [4.78, 5) is 47.6. The Morgan fingerprint density at radius 2 is 2.00 bits per heavy atom. The summed E-state index contributed by atoms with van der Waals surface area (Å²) < 4.78 is 0. The lowest BCUT2D eigenvalue weighted by molar-refractivity contribution is -0.140. The number of hydrogen-bond donors (Lipinski definition) is 1. The van der Waals surface area contributed by atoms with Gasteiger partial charge in [0.25, 0.3) is 5.91 Å². The van der Waals surface area contributed by atoms with E-state index in [2.05, 4.69) is 15.2 Å². The molecule has 0 radical (unpaired) electrons. The van der Waals surface area contributed by atoms with Gasteiger partial charge in [0.1, 0.15) is 17.9 Å². The van der Waals surface area contributed by atoms with Crippen molar-refractivity contribution in [2.75, 3.05) is 37.6 Å². The fourth-order valence-electron chi connectivity index (χ4n) is 4.60. The van der Waals surface area contributed by atoms with Crippen molar-refractivity contribution in [2.45, 2.75) is 38.1 Å². The van der Waals surface area contributed by atoms with Crippen molar-refractivity contribution in [2.24, 2.45) is 5.92 Å². The van der Waals surface area contributed by atoms with Crippen LogP contribution in [0.25, 0.3) is 0 Å². The second kappa shape index (κ2) is 7.41. The quantitative estimate of drug-likeness (QED) is 0.791. The van der Waals surface area contributed by atoms with Gasteiger partial charge < -0.3 is 15.1 Å². The average molecular weight is 385 g/mol. The summed E-state index contributed by atoms with van der Waals surface area (Å²) in [5.41, 5.74) is -0.812. The summed E-state index contributed by atoms with van der Waals surface area (Å²) in [6.07, 6.45) is 5.33. The highest BCUT2D eigenvalue weighted by molar-refractivity contribution is 6.09.